The van der Waals surface area contributed by atoms with Crippen molar-refractivity contribution < 1.29 is 9.13 Å². The highest BCUT2D eigenvalue weighted by Crippen LogP contribution is 2.37. The van der Waals surface area contributed by atoms with Gasteiger partial charge >= 0.3 is 5.69 Å². The van der Waals surface area contributed by atoms with Crippen LogP contribution in [-0.2, 0) is 4.74 Å². The van der Waals surface area contributed by atoms with Gasteiger partial charge in [-0.1, -0.05) is 13.8 Å². The monoisotopic (exact) mass is 241 g/mol. The number of nitrogens with two attached hydrogens (primary N) is 1. The maximum atomic E-state index is 13.3. The van der Waals surface area contributed by atoms with Gasteiger partial charge in [-0.15, -0.1) is 0 Å². The molecule has 2 rings (SSSR count). The molecule has 4 unspecified atom stereocenters. The minimum atomic E-state index is -0.701. The van der Waals surface area contributed by atoms with E-state index in [0.717, 1.165) is 6.20 Å². The first-order valence-corrected chi connectivity index (χ1v) is 5.61. The second-order valence-corrected chi connectivity index (χ2v) is 4.61. The molecule has 0 aliphatic carbocycles. The van der Waals surface area contributed by atoms with E-state index in [-0.39, 0.29) is 17.8 Å². The normalized spacial score (nSPS) is 32.9. The Morgan fingerprint density at radius 1 is 1.41 bits per heavy atom. The van der Waals surface area contributed by atoms with Crippen LogP contribution in [0, 0.1) is 17.7 Å². The van der Waals surface area contributed by atoms with E-state index in [1.807, 2.05) is 20.8 Å². The summed E-state index contributed by atoms with van der Waals surface area (Å²) in [5, 5.41) is 0. The molecule has 17 heavy (non-hydrogen) atoms. The zero-order valence-electron chi connectivity index (χ0n) is 10.1. The molecule has 6 heteroatoms. The van der Waals surface area contributed by atoms with Crippen molar-refractivity contribution >= 4 is 5.82 Å². The van der Waals surface area contributed by atoms with Gasteiger partial charge in [-0.2, -0.15) is 4.98 Å². The van der Waals surface area contributed by atoms with Crippen molar-refractivity contribution in [1.82, 2.24) is 9.55 Å². The molecule has 0 aromatic carbocycles. The molecule has 0 radical (unpaired) electrons. The van der Waals surface area contributed by atoms with Gasteiger partial charge in [0.25, 0.3) is 0 Å². The summed E-state index contributed by atoms with van der Waals surface area (Å²) in [6, 6.07) is 0. The first-order valence-electron chi connectivity index (χ1n) is 5.61. The van der Waals surface area contributed by atoms with Crippen molar-refractivity contribution in [2.45, 2.75) is 33.1 Å². The van der Waals surface area contributed by atoms with Crippen LogP contribution in [0.1, 0.15) is 27.0 Å². The molecule has 1 aliphatic heterocycles. The van der Waals surface area contributed by atoms with E-state index < -0.39 is 17.7 Å². The van der Waals surface area contributed by atoms with E-state index in [1.165, 1.54) is 4.57 Å². The lowest BCUT2D eigenvalue weighted by molar-refractivity contribution is -0.00803. The summed E-state index contributed by atoms with van der Waals surface area (Å²) in [6.45, 7) is 5.95. The lowest BCUT2D eigenvalue weighted by Crippen LogP contribution is -2.30. The van der Waals surface area contributed by atoms with E-state index in [1.54, 1.807) is 0 Å². The fraction of sp³-hybridized carbons (Fsp3) is 0.636. The summed E-state index contributed by atoms with van der Waals surface area (Å²) in [4.78, 5) is 15.1. The number of ether oxygens (including phenoxy) is 1. The molecule has 5 nitrogen and oxygen atoms in total. The Bertz CT molecular complexity index is 488. The number of anilines is 1. The van der Waals surface area contributed by atoms with E-state index in [4.69, 9.17) is 10.5 Å². The molecule has 0 amide bonds. The highest BCUT2D eigenvalue weighted by molar-refractivity contribution is 5.26. The first kappa shape index (κ1) is 12.0. The predicted molar refractivity (Wildman–Crippen MR) is 60.8 cm³/mol. The molecule has 0 bridgehead atoms. The van der Waals surface area contributed by atoms with Gasteiger partial charge in [-0.05, 0) is 12.8 Å². The molecule has 1 aliphatic rings. The molecule has 0 saturated carbocycles. The van der Waals surface area contributed by atoms with Crippen molar-refractivity contribution in [2.75, 3.05) is 5.73 Å². The fourth-order valence-electron chi connectivity index (χ4n) is 2.11. The third kappa shape index (κ3) is 1.93. The Balaban J connectivity index is 2.42. The van der Waals surface area contributed by atoms with Crippen LogP contribution in [0.15, 0.2) is 11.0 Å². The second kappa shape index (κ2) is 4.10. The van der Waals surface area contributed by atoms with Crippen LogP contribution < -0.4 is 11.4 Å². The number of rotatable bonds is 1. The third-order valence-corrected chi connectivity index (χ3v) is 3.58. The van der Waals surface area contributed by atoms with E-state index in [2.05, 4.69) is 4.98 Å². The van der Waals surface area contributed by atoms with Crippen molar-refractivity contribution in [3.63, 3.8) is 0 Å². The van der Waals surface area contributed by atoms with Crippen LogP contribution in [0.5, 0.6) is 0 Å². The third-order valence-electron chi connectivity index (χ3n) is 3.58. The predicted octanol–water partition coefficient (Wildman–Crippen LogP) is 1.15. The van der Waals surface area contributed by atoms with E-state index >= 15 is 0 Å². The second-order valence-electron chi connectivity index (χ2n) is 4.61. The maximum absolute atomic E-state index is 13.3. The molecule has 1 aromatic rings. The Morgan fingerprint density at radius 2 is 2.06 bits per heavy atom. The van der Waals surface area contributed by atoms with Crippen LogP contribution in [0.2, 0.25) is 0 Å². The number of halogens is 1. The van der Waals surface area contributed by atoms with Crippen molar-refractivity contribution in [3.8, 4) is 0 Å². The first-order chi connectivity index (χ1) is 7.91. The van der Waals surface area contributed by atoms with Gasteiger partial charge in [0.2, 0.25) is 0 Å². The molecule has 1 fully saturated rings. The van der Waals surface area contributed by atoms with Crippen LogP contribution in [0.3, 0.4) is 0 Å². The van der Waals surface area contributed by atoms with Crippen LogP contribution in [0.4, 0.5) is 10.2 Å². The van der Waals surface area contributed by atoms with Crippen molar-refractivity contribution in [1.29, 1.82) is 0 Å². The Labute approximate surface area is 98.4 Å². The maximum Gasteiger partial charge on any atom is 0.351 e. The van der Waals surface area contributed by atoms with Crippen LogP contribution in [0.25, 0.3) is 0 Å². The van der Waals surface area contributed by atoms with Gasteiger partial charge in [0.1, 0.15) is 6.23 Å². The van der Waals surface area contributed by atoms with Gasteiger partial charge in [-0.25, -0.2) is 9.18 Å². The average molecular weight is 241 g/mol. The summed E-state index contributed by atoms with van der Waals surface area (Å²) in [6.07, 6.45) is 0.619. The zero-order chi connectivity index (χ0) is 12.7. The molecule has 94 valence electrons. The van der Waals surface area contributed by atoms with E-state index in [0.29, 0.717) is 5.92 Å². The summed E-state index contributed by atoms with van der Waals surface area (Å²) >= 11 is 0. The number of aromatic nitrogens is 2. The largest absolute Gasteiger partial charge is 0.381 e. The average Bonchev–Trinajstić information content (AvgIpc) is 2.51. The molecule has 4 atom stereocenters. The van der Waals surface area contributed by atoms with Gasteiger partial charge < -0.3 is 10.5 Å². The molecular formula is C11H16FN3O2. The van der Waals surface area contributed by atoms with Gasteiger partial charge in [-0.3, -0.25) is 4.57 Å². The Hall–Kier alpha value is -1.43. The summed E-state index contributed by atoms with van der Waals surface area (Å²) in [7, 11) is 0. The minimum absolute atomic E-state index is 0.0301. The molecular weight excluding hydrogens is 225 g/mol. The summed E-state index contributed by atoms with van der Waals surface area (Å²) in [5.41, 5.74) is 4.66. The van der Waals surface area contributed by atoms with E-state index in [9.17, 15) is 9.18 Å². The number of nitrogens with zero attached hydrogens (tertiary/aromatic N) is 2. The molecule has 2 heterocycles. The number of hydrogen-bond donors (Lipinski definition) is 1. The van der Waals surface area contributed by atoms with Crippen molar-refractivity contribution in [2.24, 2.45) is 11.8 Å². The lowest BCUT2D eigenvalue weighted by Gasteiger charge is -2.18. The molecule has 0 spiro atoms. The Kier molecular flexibility index (Phi) is 2.91. The summed E-state index contributed by atoms with van der Waals surface area (Å²) < 4.78 is 20.2. The van der Waals surface area contributed by atoms with Crippen LogP contribution in [-0.4, -0.2) is 15.7 Å². The van der Waals surface area contributed by atoms with Crippen LogP contribution >= 0.6 is 0 Å². The zero-order valence-corrected chi connectivity index (χ0v) is 10.1. The molecule has 1 saturated heterocycles. The van der Waals surface area contributed by atoms with Gasteiger partial charge in [0, 0.05) is 5.92 Å². The number of nitrogen functional groups attached to an aromatic ring is 1. The Morgan fingerprint density at radius 3 is 2.59 bits per heavy atom. The number of hydrogen-bond acceptors (Lipinski definition) is 4. The molecule has 1 aromatic heterocycles. The fourth-order valence-corrected chi connectivity index (χ4v) is 2.11. The SMILES string of the molecule is CC1OC(n2cc(F)c(N)nc2=O)C(C)C1C. The highest BCUT2D eigenvalue weighted by atomic mass is 19.1. The summed E-state index contributed by atoms with van der Waals surface area (Å²) in [5.74, 6) is -0.661. The van der Waals surface area contributed by atoms with Gasteiger partial charge in [0.15, 0.2) is 11.6 Å². The quantitative estimate of drug-likeness (QED) is 0.800. The standard InChI is InChI=1S/C11H16FN3O2/c1-5-6(2)10(17-7(5)3)15-4-8(12)9(13)14-11(15)16/h4-7,10H,1-3H3,(H2,13,14,16). The minimum Gasteiger partial charge on any atom is -0.381 e. The highest BCUT2D eigenvalue weighted by Gasteiger charge is 2.38. The topological polar surface area (TPSA) is 70.1 Å². The van der Waals surface area contributed by atoms with Gasteiger partial charge in [0.05, 0.1) is 12.3 Å². The smallest absolute Gasteiger partial charge is 0.351 e. The lowest BCUT2D eigenvalue weighted by atomic mass is 9.93. The van der Waals surface area contributed by atoms with Crippen molar-refractivity contribution in [3.05, 3.63) is 22.5 Å². The molecule has 2 N–H and O–H groups in total.